The van der Waals surface area contributed by atoms with Gasteiger partial charge in [-0.1, -0.05) is 11.6 Å². The molecule has 0 atom stereocenters. The second kappa shape index (κ2) is 5.45. The molecule has 2 rings (SSSR count). The second-order valence-corrected chi connectivity index (χ2v) is 4.72. The Morgan fingerprint density at radius 2 is 2.16 bits per heavy atom. The highest BCUT2D eigenvalue weighted by atomic mass is 35.5. The summed E-state index contributed by atoms with van der Waals surface area (Å²) in [7, 11) is 1.36. The van der Waals surface area contributed by atoms with E-state index in [-0.39, 0.29) is 12.5 Å². The highest BCUT2D eigenvalue weighted by Crippen LogP contribution is 2.29. The van der Waals surface area contributed by atoms with Gasteiger partial charge in [-0.15, -0.1) is 0 Å². The third-order valence-electron chi connectivity index (χ3n) is 2.95. The van der Waals surface area contributed by atoms with Crippen molar-refractivity contribution >= 4 is 34.2 Å². The molecule has 0 saturated heterocycles. The lowest BCUT2D eigenvalue weighted by Crippen LogP contribution is -2.15. The first-order valence-corrected chi connectivity index (χ1v) is 6.28. The van der Waals surface area contributed by atoms with E-state index >= 15 is 0 Å². The molecule has 2 aromatic rings. The third kappa shape index (κ3) is 2.79. The second-order valence-electron chi connectivity index (χ2n) is 4.31. The number of nitrogens with one attached hydrogen (secondary N) is 1. The minimum absolute atomic E-state index is 0.122. The fourth-order valence-electron chi connectivity index (χ4n) is 1.92. The van der Waals surface area contributed by atoms with Crippen molar-refractivity contribution in [2.45, 2.75) is 13.8 Å². The van der Waals surface area contributed by atoms with Crippen molar-refractivity contribution in [2.24, 2.45) is 0 Å². The average Bonchev–Trinajstić information content (AvgIpc) is 2.40. The largest absolute Gasteiger partial charge is 0.468 e. The molecule has 0 spiro atoms. The van der Waals surface area contributed by atoms with Crippen LogP contribution in [0, 0.1) is 13.8 Å². The van der Waals surface area contributed by atoms with E-state index in [9.17, 15) is 4.79 Å². The zero-order chi connectivity index (χ0) is 14.0. The minimum Gasteiger partial charge on any atom is -0.468 e. The topological polar surface area (TPSA) is 51.2 Å². The van der Waals surface area contributed by atoms with Gasteiger partial charge in [0.05, 0.1) is 12.6 Å². The fraction of sp³-hybridized carbons (Fsp3) is 0.286. The first kappa shape index (κ1) is 13.6. The summed E-state index contributed by atoms with van der Waals surface area (Å²) in [6, 6.07) is 5.63. The molecule has 0 aliphatic carbocycles. The minimum atomic E-state index is -0.312. The Morgan fingerprint density at radius 3 is 2.84 bits per heavy atom. The van der Waals surface area contributed by atoms with Crippen molar-refractivity contribution in [3.8, 4) is 0 Å². The molecule has 0 unspecified atom stereocenters. The molecule has 0 bridgehead atoms. The normalized spacial score (nSPS) is 10.5. The Hall–Kier alpha value is -1.81. The van der Waals surface area contributed by atoms with Gasteiger partial charge >= 0.3 is 5.97 Å². The van der Waals surface area contributed by atoms with Gasteiger partial charge in [0.25, 0.3) is 0 Å². The van der Waals surface area contributed by atoms with Gasteiger partial charge < -0.3 is 10.1 Å². The van der Waals surface area contributed by atoms with Crippen LogP contribution < -0.4 is 5.32 Å². The monoisotopic (exact) mass is 278 g/mol. The van der Waals surface area contributed by atoms with Gasteiger partial charge in [-0.2, -0.15) is 0 Å². The summed E-state index contributed by atoms with van der Waals surface area (Å²) in [4.78, 5) is 15.7. The zero-order valence-electron chi connectivity index (χ0n) is 11.1. The SMILES string of the molecule is COC(=O)CNc1cc(C)nc2c(C)c(Cl)ccc12. The lowest BCUT2D eigenvalue weighted by molar-refractivity contribution is -0.138. The fourth-order valence-corrected chi connectivity index (χ4v) is 2.07. The summed E-state index contributed by atoms with van der Waals surface area (Å²) < 4.78 is 4.62. The van der Waals surface area contributed by atoms with Gasteiger partial charge in [0.1, 0.15) is 6.54 Å². The van der Waals surface area contributed by atoms with Crippen molar-refractivity contribution in [3.05, 3.63) is 34.5 Å². The van der Waals surface area contributed by atoms with E-state index in [2.05, 4.69) is 15.0 Å². The van der Waals surface area contributed by atoms with E-state index in [1.165, 1.54) is 7.11 Å². The number of hydrogen-bond acceptors (Lipinski definition) is 4. The first-order chi connectivity index (χ1) is 9.02. The maximum Gasteiger partial charge on any atom is 0.325 e. The number of carbonyl (C=O) groups excluding carboxylic acids is 1. The lowest BCUT2D eigenvalue weighted by atomic mass is 10.1. The van der Waals surface area contributed by atoms with E-state index in [0.29, 0.717) is 5.02 Å². The number of halogens is 1. The number of ether oxygens (including phenoxy) is 1. The summed E-state index contributed by atoms with van der Waals surface area (Å²) >= 11 is 6.11. The molecule has 1 aromatic heterocycles. The summed E-state index contributed by atoms with van der Waals surface area (Å²) in [6.45, 7) is 3.96. The maximum atomic E-state index is 11.2. The Balaban J connectivity index is 2.49. The Kier molecular flexibility index (Phi) is 3.90. The van der Waals surface area contributed by atoms with Gasteiger partial charge in [0, 0.05) is 21.8 Å². The number of rotatable bonds is 3. The van der Waals surface area contributed by atoms with Crippen LogP contribution in [0.3, 0.4) is 0 Å². The molecule has 0 radical (unpaired) electrons. The highest BCUT2D eigenvalue weighted by molar-refractivity contribution is 6.32. The third-order valence-corrected chi connectivity index (χ3v) is 3.36. The van der Waals surface area contributed by atoms with Crippen molar-refractivity contribution in [1.82, 2.24) is 4.98 Å². The number of aromatic nitrogens is 1. The quantitative estimate of drug-likeness (QED) is 0.877. The van der Waals surface area contributed by atoms with Gasteiger partial charge in [-0.3, -0.25) is 9.78 Å². The average molecular weight is 279 g/mol. The van der Waals surface area contributed by atoms with Gasteiger partial charge in [0.15, 0.2) is 0 Å². The van der Waals surface area contributed by atoms with E-state index in [0.717, 1.165) is 27.8 Å². The zero-order valence-corrected chi connectivity index (χ0v) is 11.8. The number of fused-ring (bicyclic) bond motifs is 1. The number of benzene rings is 1. The summed E-state index contributed by atoms with van der Waals surface area (Å²) in [5.74, 6) is -0.312. The lowest BCUT2D eigenvalue weighted by Gasteiger charge is -2.12. The van der Waals surface area contributed by atoms with Crippen LogP contribution in [-0.4, -0.2) is 24.6 Å². The van der Waals surface area contributed by atoms with Crippen LogP contribution in [0.25, 0.3) is 10.9 Å². The maximum absolute atomic E-state index is 11.2. The smallest absolute Gasteiger partial charge is 0.325 e. The van der Waals surface area contributed by atoms with Crippen LogP contribution in [0.5, 0.6) is 0 Å². The summed E-state index contributed by atoms with van der Waals surface area (Å²) in [5.41, 5.74) is 3.50. The van der Waals surface area contributed by atoms with Gasteiger partial charge in [0.2, 0.25) is 0 Å². The first-order valence-electron chi connectivity index (χ1n) is 5.90. The molecular weight excluding hydrogens is 264 g/mol. The van der Waals surface area contributed by atoms with Crippen LogP contribution in [0.2, 0.25) is 5.02 Å². The molecule has 19 heavy (non-hydrogen) atoms. The number of nitrogens with zero attached hydrogens (tertiary/aromatic N) is 1. The molecule has 100 valence electrons. The number of anilines is 1. The number of carbonyl (C=O) groups is 1. The van der Waals surface area contributed by atoms with E-state index < -0.39 is 0 Å². The van der Waals surface area contributed by atoms with Crippen LogP contribution >= 0.6 is 11.6 Å². The van der Waals surface area contributed by atoms with Crippen molar-refractivity contribution < 1.29 is 9.53 Å². The highest BCUT2D eigenvalue weighted by Gasteiger charge is 2.09. The molecule has 1 aromatic carbocycles. The van der Waals surface area contributed by atoms with Gasteiger partial charge in [-0.25, -0.2) is 0 Å². The molecule has 4 nitrogen and oxygen atoms in total. The van der Waals surface area contributed by atoms with E-state index in [1.54, 1.807) is 0 Å². The summed E-state index contributed by atoms with van der Waals surface area (Å²) in [6.07, 6.45) is 0. The number of esters is 1. The van der Waals surface area contributed by atoms with E-state index in [1.807, 2.05) is 32.0 Å². The van der Waals surface area contributed by atoms with Crippen LogP contribution in [-0.2, 0) is 9.53 Å². The molecule has 1 heterocycles. The Labute approximate surface area is 116 Å². The van der Waals surface area contributed by atoms with Crippen LogP contribution in [0.1, 0.15) is 11.3 Å². The molecule has 0 aliphatic heterocycles. The predicted octanol–water partition coefficient (Wildman–Crippen LogP) is 3.09. The Morgan fingerprint density at radius 1 is 1.42 bits per heavy atom. The standard InChI is InChI=1S/C14H15ClN2O2/c1-8-6-12(16-7-13(18)19-3)10-4-5-11(15)9(2)14(10)17-8/h4-6H,7H2,1-3H3,(H,16,17). The van der Waals surface area contributed by atoms with Gasteiger partial charge in [-0.05, 0) is 37.6 Å². The molecule has 0 saturated carbocycles. The molecular formula is C14H15ClN2O2. The Bertz CT molecular complexity index is 641. The number of hydrogen-bond donors (Lipinski definition) is 1. The van der Waals surface area contributed by atoms with Crippen LogP contribution in [0.15, 0.2) is 18.2 Å². The molecule has 1 N–H and O–H groups in total. The summed E-state index contributed by atoms with van der Waals surface area (Å²) in [5, 5.41) is 4.69. The van der Waals surface area contributed by atoms with Crippen molar-refractivity contribution in [3.63, 3.8) is 0 Å². The van der Waals surface area contributed by atoms with Crippen molar-refractivity contribution in [1.29, 1.82) is 0 Å². The molecule has 0 aliphatic rings. The van der Waals surface area contributed by atoms with Crippen LogP contribution in [0.4, 0.5) is 5.69 Å². The van der Waals surface area contributed by atoms with Crippen molar-refractivity contribution in [2.75, 3.05) is 19.0 Å². The molecule has 0 amide bonds. The number of pyridine rings is 1. The predicted molar refractivity (Wildman–Crippen MR) is 76.7 cm³/mol. The number of methoxy groups -OCH3 is 1. The molecule has 5 heteroatoms. The number of aryl methyl sites for hydroxylation is 2. The molecule has 0 fully saturated rings. The van der Waals surface area contributed by atoms with E-state index in [4.69, 9.17) is 11.6 Å².